The van der Waals surface area contributed by atoms with Crippen LogP contribution in [0, 0.1) is 11.8 Å². The van der Waals surface area contributed by atoms with Crippen molar-refractivity contribution in [3.8, 4) is 0 Å². The van der Waals surface area contributed by atoms with Crippen molar-refractivity contribution < 1.29 is 29.0 Å². The van der Waals surface area contributed by atoms with Crippen molar-refractivity contribution in [1.29, 1.82) is 0 Å². The Labute approximate surface area is 218 Å². The minimum absolute atomic E-state index is 0.00467. The molecular weight excluding hydrogens is 472 g/mol. The van der Waals surface area contributed by atoms with Crippen LogP contribution in [0.3, 0.4) is 0 Å². The second kappa shape index (κ2) is 15.6. The van der Waals surface area contributed by atoms with E-state index in [0.717, 1.165) is 11.1 Å². The number of esters is 1. The highest BCUT2D eigenvalue weighted by Crippen LogP contribution is 2.21. The highest BCUT2D eigenvalue weighted by atomic mass is 16.5. The molecule has 2 amide bonds. The Morgan fingerprint density at radius 3 is 2.35 bits per heavy atom. The fourth-order valence-corrected chi connectivity index (χ4v) is 4.17. The molecule has 198 valence electrons. The van der Waals surface area contributed by atoms with Gasteiger partial charge in [0.05, 0.1) is 37.7 Å². The van der Waals surface area contributed by atoms with Crippen molar-refractivity contribution in [1.82, 2.24) is 10.6 Å². The van der Waals surface area contributed by atoms with E-state index in [4.69, 9.17) is 14.6 Å². The topological polar surface area (TPSA) is 114 Å². The van der Waals surface area contributed by atoms with E-state index in [0.29, 0.717) is 25.8 Å². The molecule has 2 aromatic rings. The van der Waals surface area contributed by atoms with Crippen LogP contribution in [-0.2, 0) is 30.3 Å². The first kappa shape index (κ1) is 28.1. The first-order valence-corrected chi connectivity index (χ1v) is 12.7. The molecule has 1 heterocycles. The number of carbonyl (C=O) groups is 3. The molecule has 3 N–H and O–H groups in total. The summed E-state index contributed by atoms with van der Waals surface area (Å²) in [4.78, 5) is 38.8. The van der Waals surface area contributed by atoms with Gasteiger partial charge in [-0.05, 0) is 30.4 Å². The third-order valence-electron chi connectivity index (χ3n) is 6.18. The molecule has 0 radical (unpaired) electrons. The van der Waals surface area contributed by atoms with Crippen LogP contribution in [-0.4, -0.2) is 55.9 Å². The monoisotopic (exact) mass is 508 g/mol. The zero-order valence-electron chi connectivity index (χ0n) is 21.0. The molecule has 8 nitrogen and oxygen atoms in total. The molecule has 3 rings (SSSR count). The SMILES string of the molecule is O=C(C[C@H]1CC=CC[C@H](Cc2ccccc2)C(=O)OC[C@H](c2ccccc2)NC1=O)NCCOCCO. The van der Waals surface area contributed by atoms with E-state index in [2.05, 4.69) is 10.6 Å². The van der Waals surface area contributed by atoms with Crippen LogP contribution in [0.2, 0.25) is 0 Å². The van der Waals surface area contributed by atoms with E-state index in [9.17, 15) is 14.4 Å². The minimum Gasteiger partial charge on any atom is -0.463 e. The maximum absolute atomic E-state index is 13.2. The van der Waals surface area contributed by atoms with Gasteiger partial charge in [-0.1, -0.05) is 72.8 Å². The van der Waals surface area contributed by atoms with Gasteiger partial charge in [-0.3, -0.25) is 14.4 Å². The number of cyclic esters (lactones) is 1. The lowest BCUT2D eigenvalue weighted by Gasteiger charge is -2.24. The lowest BCUT2D eigenvalue weighted by atomic mass is 9.94. The molecule has 37 heavy (non-hydrogen) atoms. The Bertz CT molecular complexity index is 1010. The molecule has 0 fully saturated rings. The summed E-state index contributed by atoms with van der Waals surface area (Å²) in [7, 11) is 0. The number of carbonyl (C=O) groups excluding carboxylic acids is 3. The summed E-state index contributed by atoms with van der Waals surface area (Å²) >= 11 is 0. The van der Waals surface area contributed by atoms with E-state index < -0.39 is 12.0 Å². The standard InChI is InChI=1S/C29H36N2O6/c32-16-18-36-17-15-30-27(33)20-24-13-7-8-14-25(19-22-9-3-1-4-10-22)29(35)37-21-26(31-28(24)34)23-11-5-2-6-12-23/h1-12,24-26,32H,13-21H2,(H,30,33)(H,31,34)/t24-,25-,26-/m1/s1. The second-order valence-corrected chi connectivity index (χ2v) is 9.02. The predicted octanol–water partition coefficient (Wildman–Crippen LogP) is 2.73. The summed E-state index contributed by atoms with van der Waals surface area (Å²) in [6.45, 7) is 0.722. The van der Waals surface area contributed by atoms with Gasteiger partial charge < -0.3 is 25.2 Å². The highest BCUT2D eigenvalue weighted by molar-refractivity contribution is 5.86. The molecule has 1 aliphatic heterocycles. The lowest BCUT2D eigenvalue weighted by molar-refractivity contribution is -0.150. The fraction of sp³-hybridized carbons (Fsp3) is 0.414. The van der Waals surface area contributed by atoms with E-state index in [1.165, 1.54) is 0 Å². The maximum atomic E-state index is 13.2. The van der Waals surface area contributed by atoms with Gasteiger partial charge in [0, 0.05) is 13.0 Å². The van der Waals surface area contributed by atoms with Crippen LogP contribution in [0.1, 0.15) is 36.4 Å². The van der Waals surface area contributed by atoms with Crippen molar-refractivity contribution >= 4 is 17.8 Å². The van der Waals surface area contributed by atoms with Crippen LogP contribution in [0.15, 0.2) is 72.8 Å². The number of rotatable bonds is 10. The fourth-order valence-electron chi connectivity index (χ4n) is 4.17. The third-order valence-corrected chi connectivity index (χ3v) is 6.18. The van der Waals surface area contributed by atoms with E-state index >= 15 is 0 Å². The molecule has 0 aliphatic carbocycles. The number of aliphatic hydroxyl groups is 1. The number of aliphatic hydroxyl groups excluding tert-OH is 1. The first-order chi connectivity index (χ1) is 18.1. The van der Waals surface area contributed by atoms with Gasteiger partial charge in [0.25, 0.3) is 0 Å². The number of ether oxygens (including phenoxy) is 2. The van der Waals surface area contributed by atoms with Crippen LogP contribution in [0.4, 0.5) is 0 Å². The van der Waals surface area contributed by atoms with Crippen molar-refractivity contribution in [2.24, 2.45) is 11.8 Å². The van der Waals surface area contributed by atoms with Crippen LogP contribution < -0.4 is 10.6 Å². The molecule has 0 saturated carbocycles. The highest BCUT2D eigenvalue weighted by Gasteiger charge is 2.27. The van der Waals surface area contributed by atoms with Crippen molar-refractivity contribution in [3.63, 3.8) is 0 Å². The number of benzene rings is 2. The lowest BCUT2D eigenvalue weighted by Crippen LogP contribution is -2.39. The van der Waals surface area contributed by atoms with Gasteiger partial charge >= 0.3 is 5.97 Å². The Morgan fingerprint density at radius 1 is 0.973 bits per heavy atom. The first-order valence-electron chi connectivity index (χ1n) is 12.7. The zero-order valence-corrected chi connectivity index (χ0v) is 21.0. The number of hydrogen-bond acceptors (Lipinski definition) is 6. The Kier molecular flexibility index (Phi) is 11.8. The molecule has 0 bridgehead atoms. The summed E-state index contributed by atoms with van der Waals surface area (Å²) in [5.41, 5.74) is 1.87. The molecule has 0 saturated heterocycles. The molecular formula is C29H36N2O6. The average Bonchev–Trinajstić information content (AvgIpc) is 2.92. The van der Waals surface area contributed by atoms with Gasteiger partial charge in [0.1, 0.15) is 6.61 Å². The molecule has 8 heteroatoms. The molecule has 2 aromatic carbocycles. The van der Waals surface area contributed by atoms with E-state index in [1.807, 2.05) is 72.8 Å². The zero-order chi connectivity index (χ0) is 26.3. The van der Waals surface area contributed by atoms with Gasteiger partial charge in [-0.15, -0.1) is 0 Å². The molecule has 3 atom stereocenters. The normalized spacial score (nSPS) is 20.7. The van der Waals surface area contributed by atoms with Gasteiger partial charge in [-0.2, -0.15) is 0 Å². The van der Waals surface area contributed by atoms with E-state index in [-0.39, 0.29) is 56.5 Å². The number of allylic oxidation sites excluding steroid dienone is 2. The summed E-state index contributed by atoms with van der Waals surface area (Å²) in [6, 6.07) is 18.6. The van der Waals surface area contributed by atoms with Gasteiger partial charge in [0.15, 0.2) is 0 Å². The summed E-state index contributed by atoms with van der Waals surface area (Å²) in [5, 5.41) is 14.5. The Balaban J connectivity index is 1.73. The number of hydrogen-bond donors (Lipinski definition) is 3. The number of amides is 2. The summed E-state index contributed by atoms with van der Waals surface area (Å²) in [6.07, 6.45) is 5.18. The summed E-state index contributed by atoms with van der Waals surface area (Å²) < 4.78 is 10.9. The van der Waals surface area contributed by atoms with Crippen molar-refractivity contribution in [3.05, 3.63) is 83.9 Å². The third kappa shape index (κ3) is 9.82. The second-order valence-electron chi connectivity index (χ2n) is 9.02. The average molecular weight is 509 g/mol. The molecule has 0 aromatic heterocycles. The maximum Gasteiger partial charge on any atom is 0.309 e. The van der Waals surface area contributed by atoms with E-state index in [1.54, 1.807) is 0 Å². The quantitative estimate of drug-likeness (QED) is 0.258. The summed E-state index contributed by atoms with van der Waals surface area (Å²) in [5.74, 6) is -1.77. The van der Waals surface area contributed by atoms with Gasteiger partial charge in [0.2, 0.25) is 11.8 Å². The molecule has 0 unspecified atom stereocenters. The van der Waals surface area contributed by atoms with Crippen LogP contribution >= 0.6 is 0 Å². The van der Waals surface area contributed by atoms with Crippen molar-refractivity contribution in [2.75, 3.05) is 33.0 Å². The Hall–Kier alpha value is -3.49. The smallest absolute Gasteiger partial charge is 0.309 e. The number of nitrogens with one attached hydrogen (secondary N) is 2. The van der Waals surface area contributed by atoms with Gasteiger partial charge in [-0.25, -0.2) is 0 Å². The van der Waals surface area contributed by atoms with Crippen LogP contribution in [0.25, 0.3) is 0 Å². The predicted molar refractivity (Wildman–Crippen MR) is 139 cm³/mol. The molecule has 1 aliphatic rings. The Morgan fingerprint density at radius 2 is 1.65 bits per heavy atom. The largest absolute Gasteiger partial charge is 0.463 e. The van der Waals surface area contributed by atoms with Crippen LogP contribution in [0.5, 0.6) is 0 Å². The molecule has 0 spiro atoms. The minimum atomic E-state index is -0.580. The van der Waals surface area contributed by atoms with Crippen molar-refractivity contribution in [2.45, 2.75) is 31.7 Å².